The highest BCUT2D eigenvalue weighted by molar-refractivity contribution is 5.87. The zero-order chi connectivity index (χ0) is 33.6. The highest BCUT2D eigenvalue weighted by atomic mass is 19.1. The number of amides is 3. The van der Waals surface area contributed by atoms with Crippen molar-refractivity contribution in [2.75, 3.05) is 38.5 Å². The number of carbonyl (C=O) groups is 3. The summed E-state index contributed by atoms with van der Waals surface area (Å²) < 4.78 is 19.1. The molecule has 46 heavy (non-hydrogen) atoms. The van der Waals surface area contributed by atoms with Crippen LogP contribution in [0.1, 0.15) is 51.3 Å². The first-order valence-corrected chi connectivity index (χ1v) is 15.7. The molecule has 0 unspecified atom stereocenters. The summed E-state index contributed by atoms with van der Waals surface area (Å²) >= 11 is 0. The molecule has 0 aliphatic carbocycles. The number of nitrogens with one attached hydrogen (secondary N) is 1. The number of carbonyl (C=O) groups excluding carboxylic acids is 3. The van der Waals surface area contributed by atoms with Gasteiger partial charge in [0.1, 0.15) is 18.0 Å². The number of nitrogens with zero attached hydrogens (tertiary/aromatic N) is 4. The van der Waals surface area contributed by atoms with Crippen molar-refractivity contribution < 1.29 is 23.5 Å². The van der Waals surface area contributed by atoms with Gasteiger partial charge in [0.05, 0.1) is 6.54 Å². The van der Waals surface area contributed by atoms with E-state index in [0.717, 1.165) is 22.4 Å². The van der Waals surface area contributed by atoms with E-state index in [0.29, 0.717) is 13.1 Å². The van der Waals surface area contributed by atoms with Crippen molar-refractivity contribution in [3.63, 3.8) is 0 Å². The van der Waals surface area contributed by atoms with Crippen LogP contribution in [0.2, 0.25) is 0 Å². The summed E-state index contributed by atoms with van der Waals surface area (Å²) in [5.41, 5.74) is 5.09. The minimum atomic E-state index is -0.671. The molecule has 0 aromatic heterocycles. The van der Waals surface area contributed by atoms with Gasteiger partial charge in [0.25, 0.3) is 5.91 Å². The van der Waals surface area contributed by atoms with Crippen LogP contribution >= 0.6 is 0 Å². The number of hydrogen-bond acceptors (Lipinski definition) is 6. The Morgan fingerprint density at radius 2 is 1.52 bits per heavy atom. The van der Waals surface area contributed by atoms with E-state index < -0.39 is 11.7 Å². The number of hydrogen-bond donors (Lipinski definition) is 1. The molecule has 1 aliphatic rings. The molecule has 9 nitrogen and oxygen atoms in total. The Hall–Kier alpha value is -4.44. The predicted molar refractivity (Wildman–Crippen MR) is 178 cm³/mol. The molecule has 4 rings (SSSR count). The molecule has 0 bridgehead atoms. The fourth-order valence-electron chi connectivity index (χ4n) is 5.27. The standard InChI is InChI=1S/C36H46FN5O4/c1-25(2)42(35(45)46-36(4,5)6)19-18-40(24-34(44)39(7)41-22-29-10-8-9-11-30(29)23-41)33(43)21-38-32-20-28(13-12-26(32)3)27-14-16-31(37)17-15-27/h8-17,20,25,38H,18-19,21-24H2,1-7H3. The Balaban J connectivity index is 1.49. The third kappa shape index (κ3) is 9.06. The maximum atomic E-state index is 13.8. The molecule has 3 aromatic rings. The second kappa shape index (κ2) is 14.8. The van der Waals surface area contributed by atoms with Crippen LogP contribution in [0.4, 0.5) is 14.9 Å². The highest BCUT2D eigenvalue weighted by Gasteiger charge is 2.29. The Kier molecular flexibility index (Phi) is 11.1. The predicted octanol–water partition coefficient (Wildman–Crippen LogP) is 6.08. The maximum absolute atomic E-state index is 13.8. The van der Waals surface area contributed by atoms with Crippen molar-refractivity contribution >= 4 is 23.6 Å². The van der Waals surface area contributed by atoms with E-state index in [2.05, 4.69) is 17.4 Å². The van der Waals surface area contributed by atoms with Crippen molar-refractivity contribution in [1.82, 2.24) is 19.8 Å². The van der Waals surface area contributed by atoms with Gasteiger partial charge in [-0.2, -0.15) is 0 Å². The van der Waals surface area contributed by atoms with Gasteiger partial charge < -0.3 is 19.9 Å². The summed E-state index contributed by atoms with van der Waals surface area (Å²) in [6.07, 6.45) is -0.473. The molecule has 0 saturated heterocycles. The lowest BCUT2D eigenvalue weighted by Gasteiger charge is -2.33. The lowest BCUT2D eigenvalue weighted by Crippen LogP contribution is -2.51. The van der Waals surface area contributed by atoms with Crippen LogP contribution in [0.5, 0.6) is 0 Å². The molecule has 0 spiro atoms. The summed E-state index contributed by atoms with van der Waals surface area (Å²) in [5, 5.41) is 6.78. The van der Waals surface area contributed by atoms with E-state index in [1.54, 1.807) is 29.1 Å². The van der Waals surface area contributed by atoms with Crippen molar-refractivity contribution in [1.29, 1.82) is 0 Å². The van der Waals surface area contributed by atoms with Gasteiger partial charge in [-0.1, -0.05) is 48.5 Å². The van der Waals surface area contributed by atoms with Gasteiger partial charge in [0.15, 0.2) is 0 Å². The van der Waals surface area contributed by atoms with E-state index in [4.69, 9.17) is 4.74 Å². The average molecular weight is 632 g/mol. The molecule has 10 heteroatoms. The van der Waals surface area contributed by atoms with Gasteiger partial charge in [-0.3, -0.25) is 14.6 Å². The fraction of sp³-hybridized carbons (Fsp3) is 0.417. The quantitative estimate of drug-likeness (QED) is 0.276. The van der Waals surface area contributed by atoms with Crippen LogP contribution in [0, 0.1) is 12.7 Å². The molecule has 3 aromatic carbocycles. The lowest BCUT2D eigenvalue weighted by molar-refractivity contribution is -0.151. The number of benzene rings is 3. The summed E-state index contributed by atoms with van der Waals surface area (Å²) in [4.78, 5) is 43.4. The molecule has 3 amide bonds. The largest absolute Gasteiger partial charge is 0.444 e. The molecule has 1 heterocycles. The first kappa shape index (κ1) is 34.4. The molecule has 0 atom stereocenters. The van der Waals surface area contributed by atoms with Crippen LogP contribution in [0.25, 0.3) is 11.1 Å². The molecule has 0 saturated carbocycles. The van der Waals surface area contributed by atoms with Crippen LogP contribution < -0.4 is 5.32 Å². The summed E-state index contributed by atoms with van der Waals surface area (Å²) in [6, 6.07) is 20.0. The molecular weight excluding hydrogens is 585 g/mol. The van der Waals surface area contributed by atoms with Gasteiger partial charge in [-0.05, 0) is 87.6 Å². The van der Waals surface area contributed by atoms with E-state index >= 15 is 0 Å². The first-order chi connectivity index (χ1) is 21.7. The van der Waals surface area contributed by atoms with Crippen LogP contribution in [-0.2, 0) is 27.4 Å². The van der Waals surface area contributed by atoms with Crippen molar-refractivity contribution in [2.24, 2.45) is 0 Å². The van der Waals surface area contributed by atoms with Crippen molar-refractivity contribution in [3.05, 3.63) is 89.2 Å². The summed E-state index contributed by atoms with van der Waals surface area (Å²) in [6.45, 7) is 12.5. The monoisotopic (exact) mass is 631 g/mol. The third-order valence-corrected chi connectivity index (χ3v) is 8.00. The SMILES string of the molecule is Cc1ccc(-c2ccc(F)cc2)cc1NCC(=O)N(CCN(C(=O)OC(C)(C)C)C(C)C)CC(=O)N(C)N1Cc2ccccc2C1. The van der Waals surface area contributed by atoms with E-state index in [1.807, 2.05) is 76.9 Å². The molecule has 0 fully saturated rings. The number of fused-ring (bicyclic) bond motifs is 1. The molecule has 246 valence electrons. The normalized spacial score (nSPS) is 12.9. The fourth-order valence-corrected chi connectivity index (χ4v) is 5.27. The summed E-state index contributed by atoms with van der Waals surface area (Å²) in [5.74, 6) is -0.827. The van der Waals surface area contributed by atoms with Gasteiger partial charge in [-0.25, -0.2) is 14.2 Å². The number of likely N-dealkylation sites (N-methyl/N-ethyl adjacent to an activating group) is 1. The summed E-state index contributed by atoms with van der Waals surface area (Å²) in [7, 11) is 1.72. The first-order valence-electron chi connectivity index (χ1n) is 15.7. The smallest absolute Gasteiger partial charge is 0.410 e. The van der Waals surface area contributed by atoms with Gasteiger partial charge >= 0.3 is 6.09 Å². The molecule has 1 aliphatic heterocycles. The number of rotatable bonds is 11. The lowest BCUT2D eigenvalue weighted by atomic mass is 10.0. The van der Waals surface area contributed by atoms with E-state index in [1.165, 1.54) is 28.2 Å². The van der Waals surface area contributed by atoms with Crippen LogP contribution in [-0.4, -0.2) is 82.6 Å². The highest BCUT2D eigenvalue weighted by Crippen LogP contribution is 2.26. The number of hydrazine groups is 1. The molecule has 1 N–H and O–H groups in total. The number of halogens is 1. The number of ether oxygens (including phenoxy) is 1. The van der Waals surface area contributed by atoms with Gasteiger partial charge in [0, 0.05) is 45.0 Å². The minimum absolute atomic E-state index is 0.0615. The Bertz CT molecular complexity index is 1510. The zero-order valence-corrected chi connectivity index (χ0v) is 28.0. The van der Waals surface area contributed by atoms with Gasteiger partial charge in [0.2, 0.25) is 5.91 Å². The Labute approximate surface area is 271 Å². The average Bonchev–Trinajstić information content (AvgIpc) is 3.43. The second-order valence-corrected chi connectivity index (χ2v) is 13.0. The van der Waals surface area contributed by atoms with E-state index in [-0.39, 0.29) is 49.9 Å². The van der Waals surface area contributed by atoms with E-state index in [9.17, 15) is 18.8 Å². The number of aryl methyl sites for hydroxylation is 1. The second-order valence-electron chi connectivity index (χ2n) is 13.0. The third-order valence-electron chi connectivity index (χ3n) is 8.00. The Morgan fingerprint density at radius 3 is 2.11 bits per heavy atom. The van der Waals surface area contributed by atoms with Crippen molar-refractivity contribution in [2.45, 2.75) is 66.3 Å². The topological polar surface area (TPSA) is 85.4 Å². The van der Waals surface area contributed by atoms with Crippen LogP contribution in [0.15, 0.2) is 66.7 Å². The molecule has 0 radical (unpaired) electrons. The van der Waals surface area contributed by atoms with Crippen LogP contribution in [0.3, 0.4) is 0 Å². The minimum Gasteiger partial charge on any atom is -0.444 e. The Morgan fingerprint density at radius 1 is 0.913 bits per heavy atom. The maximum Gasteiger partial charge on any atom is 0.410 e. The van der Waals surface area contributed by atoms with Gasteiger partial charge in [-0.15, -0.1) is 0 Å². The zero-order valence-electron chi connectivity index (χ0n) is 28.0. The van der Waals surface area contributed by atoms with Crippen molar-refractivity contribution in [3.8, 4) is 11.1 Å². The molecular formula is C36H46FN5O4. The number of anilines is 1.